The normalized spacial score (nSPS) is 26.3. The van der Waals surface area contributed by atoms with Gasteiger partial charge >= 0.3 is 6.18 Å². The number of likely N-dealkylation sites (tertiary alicyclic amines) is 1. The average Bonchev–Trinajstić information content (AvgIpc) is 2.74. The van der Waals surface area contributed by atoms with Gasteiger partial charge in [0.05, 0.1) is 6.04 Å². The highest BCUT2D eigenvalue weighted by atomic mass is 19.4. The Bertz CT molecular complexity index is 516. The fourth-order valence-corrected chi connectivity index (χ4v) is 3.14. The molecule has 2 aliphatic heterocycles. The molecule has 3 heterocycles. The van der Waals surface area contributed by atoms with Crippen LogP contribution in [0.2, 0.25) is 0 Å². The predicted molar refractivity (Wildman–Crippen MR) is 67.5 cm³/mol. The number of hydrogen-bond acceptors (Lipinski definition) is 3. The third-order valence-corrected chi connectivity index (χ3v) is 4.04. The van der Waals surface area contributed by atoms with E-state index in [0.29, 0.717) is 6.04 Å². The van der Waals surface area contributed by atoms with Crippen LogP contribution in [0.25, 0.3) is 0 Å². The van der Waals surface area contributed by atoms with E-state index in [4.69, 9.17) is 4.74 Å². The van der Waals surface area contributed by atoms with E-state index in [-0.39, 0.29) is 18.0 Å². The molecule has 0 saturated carbocycles. The lowest BCUT2D eigenvalue weighted by Crippen LogP contribution is -2.44. The number of halogens is 3. The van der Waals surface area contributed by atoms with E-state index in [2.05, 4.69) is 23.7 Å². The van der Waals surface area contributed by atoms with E-state index in [1.165, 1.54) is 6.07 Å². The summed E-state index contributed by atoms with van der Waals surface area (Å²) in [4.78, 5) is 5.96. The van der Waals surface area contributed by atoms with Crippen LogP contribution in [-0.4, -0.2) is 28.6 Å². The number of hydrogen-bond donors (Lipinski definition) is 0. The predicted octanol–water partition coefficient (Wildman–Crippen LogP) is 3.41. The smallest absolute Gasteiger partial charge is 0.433 e. The van der Waals surface area contributed by atoms with Gasteiger partial charge in [-0.05, 0) is 45.4 Å². The minimum Gasteiger partial charge on any atom is -0.472 e. The maximum absolute atomic E-state index is 12.7. The van der Waals surface area contributed by atoms with Crippen LogP contribution in [0.5, 0.6) is 5.88 Å². The van der Waals surface area contributed by atoms with Gasteiger partial charge in [0.2, 0.25) is 5.88 Å². The van der Waals surface area contributed by atoms with E-state index in [1.54, 1.807) is 0 Å². The van der Waals surface area contributed by atoms with Crippen molar-refractivity contribution in [3.05, 3.63) is 23.4 Å². The summed E-state index contributed by atoms with van der Waals surface area (Å²) in [7, 11) is 0. The van der Waals surface area contributed by atoms with Crippen molar-refractivity contribution in [3.8, 4) is 5.88 Å². The van der Waals surface area contributed by atoms with Crippen LogP contribution in [-0.2, 0) is 6.18 Å². The molecule has 0 N–H and O–H groups in total. The molecule has 0 unspecified atom stereocenters. The van der Waals surface area contributed by atoms with E-state index < -0.39 is 11.9 Å². The lowest BCUT2D eigenvalue weighted by Gasteiger charge is -2.39. The van der Waals surface area contributed by atoms with Gasteiger partial charge in [0, 0.05) is 11.6 Å². The first-order chi connectivity index (χ1) is 9.38. The maximum Gasteiger partial charge on any atom is 0.433 e. The first-order valence-electron chi connectivity index (χ1n) is 6.88. The largest absolute Gasteiger partial charge is 0.472 e. The van der Waals surface area contributed by atoms with Gasteiger partial charge in [0.15, 0.2) is 0 Å². The molecular formula is C14H17F3N2O. The van der Waals surface area contributed by atoms with Gasteiger partial charge in [0.25, 0.3) is 0 Å². The number of pyridine rings is 1. The van der Waals surface area contributed by atoms with Gasteiger partial charge in [0.1, 0.15) is 11.8 Å². The van der Waals surface area contributed by atoms with Crippen molar-refractivity contribution in [3.63, 3.8) is 0 Å². The van der Waals surface area contributed by atoms with Crippen molar-refractivity contribution >= 4 is 0 Å². The quantitative estimate of drug-likeness (QED) is 0.791. The Morgan fingerprint density at radius 2 is 2.10 bits per heavy atom. The molecule has 0 spiro atoms. The number of ether oxygens (including phenoxy) is 1. The Morgan fingerprint density at radius 3 is 2.75 bits per heavy atom. The molecule has 1 aromatic rings. The lowest BCUT2D eigenvalue weighted by atomic mass is 9.94. The third kappa shape index (κ3) is 2.16. The molecule has 0 aromatic carbocycles. The molecule has 3 rings (SSSR count). The summed E-state index contributed by atoms with van der Waals surface area (Å²) in [5.74, 6) is 0.155. The van der Waals surface area contributed by atoms with Crippen molar-refractivity contribution < 1.29 is 17.9 Å². The highest BCUT2D eigenvalue weighted by Gasteiger charge is 2.44. The molecular weight excluding hydrogens is 269 g/mol. The zero-order valence-electron chi connectivity index (χ0n) is 11.4. The summed E-state index contributed by atoms with van der Waals surface area (Å²) in [5, 5.41) is 0. The Hall–Kier alpha value is -1.30. The molecule has 2 atom stereocenters. The van der Waals surface area contributed by atoms with Crippen LogP contribution in [0.3, 0.4) is 0 Å². The molecule has 1 saturated heterocycles. The zero-order chi connectivity index (χ0) is 14.5. The summed E-state index contributed by atoms with van der Waals surface area (Å²) in [6.45, 7) is 5.14. The Labute approximate surface area is 115 Å². The second-order valence-corrected chi connectivity index (χ2v) is 5.66. The van der Waals surface area contributed by atoms with E-state index in [9.17, 15) is 13.2 Å². The Morgan fingerprint density at radius 1 is 1.35 bits per heavy atom. The van der Waals surface area contributed by atoms with E-state index in [1.807, 2.05) is 0 Å². The minimum absolute atomic E-state index is 0.0357. The van der Waals surface area contributed by atoms with Crippen LogP contribution in [0.1, 0.15) is 44.0 Å². The van der Waals surface area contributed by atoms with Crippen LogP contribution < -0.4 is 4.74 Å². The summed E-state index contributed by atoms with van der Waals surface area (Å²) in [5.41, 5.74) is -0.0950. The number of alkyl halides is 3. The van der Waals surface area contributed by atoms with Gasteiger partial charge < -0.3 is 4.74 Å². The van der Waals surface area contributed by atoms with Crippen LogP contribution >= 0.6 is 0 Å². The van der Waals surface area contributed by atoms with E-state index >= 15 is 0 Å². The lowest BCUT2D eigenvalue weighted by molar-refractivity contribution is -0.141. The summed E-state index contributed by atoms with van der Waals surface area (Å²) in [6, 6.07) is 2.95. The van der Waals surface area contributed by atoms with Crippen LogP contribution in [0.4, 0.5) is 13.2 Å². The summed E-state index contributed by atoms with van der Waals surface area (Å²) < 4.78 is 43.8. The van der Waals surface area contributed by atoms with Crippen molar-refractivity contribution in [1.29, 1.82) is 0 Å². The van der Waals surface area contributed by atoms with Gasteiger partial charge in [-0.15, -0.1) is 0 Å². The van der Waals surface area contributed by atoms with Gasteiger partial charge in [-0.1, -0.05) is 0 Å². The number of fused-ring (bicyclic) bond motifs is 3. The van der Waals surface area contributed by atoms with Crippen molar-refractivity contribution in [1.82, 2.24) is 9.88 Å². The number of piperidine rings is 1. The monoisotopic (exact) mass is 286 g/mol. The molecule has 0 aliphatic carbocycles. The van der Waals surface area contributed by atoms with Crippen molar-refractivity contribution in [2.75, 3.05) is 6.54 Å². The average molecular weight is 286 g/mol. The highest BCUT2D eigenvalue weighted by Crippen LogP contribution is 2.45. The fraction of sp³-hybridized carbons (Fsp3) is 0.643. The molecule has 6 heteroatoms. The standard InChI is InChI=1S/C14H17F3N2O/c1-8(2)19-7-3-4-10-12(19)9-5-6-11(14(15,16)17)18-13(9)20-10/h5-6,8,10,12H,3-4,7H2,1-2H3/t10-,12-/m0/s1. The fourth-order valence-electron chi connectivity index (χ4n) is 3.14. The summed E-state index contributed by atoms with van der Waals surface area (Å²) in [6.07, 6.45) is -2.63. The third-order valence-electron chi connectivity index (χ3n) is 4.04. The SMILES string of the molecule is CC(C)N1CCC[C@@H]2Oc3nc(C(F)(F)F)ccc3[C@@H]21. The number of aromatic nitrogens is 1. The molecule has 110 valence electrons. The zero-order valence-corrected chi connectivity index (χ0v) is 11.4. The van der Waals surface area contributed by atoms with Crippen molar-refractivity contribution in [2.24, 2.45) is 0 Å². The molecule has 0 bridgehead atoms. The molecule has 20 heavy (non-hydrogen) atoms. The van der Waals surface area contributed by atoms with Crippen LogP contribution in [0, 0.1) is 0 Å². The molecule has 0 radical (unpaired) electrons. The van der Waals surface area contributed by atoms with Gasteiger partial charge in [-0.2, -0.15) is 13.2 Å². The maximum atomic E-state index is 12.7. The number of nitrogens with zero attached hydrogens (tertiary/aromatic N) is 2. The first kappa shape index (κ1) is 13.7. The van der Waals surface area contributed by atoms with Crippen LogP contribution in [0.15, 0.2) is 12.1 Å². The van der Waals surface area contributed by atoms with E-state index in [0.717, 1.165) is 31.0 Å². The Balaban J connectivity index is 1.98. The highest BCUT2D eigenvalue weighted by molar-refractivity contribution is 5.37. The number of rotatable bonds is 1. The molecule has 0 amide bonds. The molecule has 3 nitrogen and oxygen atoms in total. The van der Waals surface area contributed by atoms with Gasteiger partial charge in [-0.25, -0.2) is 4.98 Å². The minimum atomic E-state index is -4.43. The second kappa shape index (κ2) is 4.62. The Kier molecular flexibility index (Phi) is 3.16. The topological polar surface area (TPSA) is 25.4 Å². The second-order valence-electron chi connectivity index (χ2n) is 5.66. The summed E-state index contributed by atoms with van der Waals surface area (Å²) >= 11 is 0. The molecule has 1 aromatic heterocycles. The first-order valence-corrected chi connectivity index (χ1v) is 6.88. The molecule has 2 aliphatic rings. The molecule has 1 fully saturated rings. The van der Waals surface area contributed by atoms with Crippen molar-refractivity contribution in [2.45, 2.75) is 51.1 Å². The van der Waals surface area contributed by atoms with Gasteiger partial charge in [-0.3, -0.25) is 4.90 Å².